The van der Waals surface area contributed by atoms with E-state index in [1.54, 1.807) is 0 Å². The lowest BCUT2D eigenvalue weighted by atomic mass is 10.0. The van der Waals surface area contributed by atoms with Crippen LogP contribution in [-0.4, -0.2) is 42.5 Å². The van der Waals surface area contributed by atoms with E-state index in [0.717, 1.165) is 23.0 Å². The molecule has 0 spiro atoms. The van der Waals surface area contributed by atoms with Crippen molar-refractivity contribution in [2.45, 2.75) is 26.3 Å². The van der Waals surface area contributed by atoms with Gasteiger partial charge in [-0.25, -0.2) is 0 Å². The molecule has 3 aromatic rings. The first kappa shape index (κ1) is 18.2. The molecule has 136 valence electrons. The maximum atomic E-state index is 12.6. The van der Waals surface area contributed by atoms with E-state index in [9.17, 15) is 4.79 Å². The molecule has 1 amide bonds. The van der Waals surface area contributed by atoms with Gasteiger partial charge in [0.1, 0.15) is 0 Å². The molecule has 1 aromatic heterocycles. The molecule has 3 rings (SSSR count). The van der Waals surface area contributed by atoms with Crippen molar-refractivity contribution in [1.82, 2.24) is 15.2 Å². The number of aryl methyl sites for hydroxylation is 2. The molecule has 0 aliphatic carbocycles. The smallest absolute Gasteiger partial charge is 0.251 e. The molecule has 0 aliphatic heterocycles. The van der Waals surface area contributed by atoms with Crippen molar-refractivity contribution in [3.05, 3.63) is 70.9 Å². The summed E-state index contributed by atoms with van der Waals surface area (Å²) in [6, 6.07) is 16.5. The topological polar surface area (TPSA) is 48.1 Å². The molecule has 1 unspecified atom stereocenters. The normalized spacial score (nSPS) is 12.5. The van der Waals surface area contributed by atoms with E-state index in [1.165, 1.54) is 11.1 Å². The summed E-state index contributed by atoms with van der Waals surface area (Å²) in [6.07, 6.45) is 0.906. The molecule has 1 heterocycles. The summed E-state index contributed by atoms with van der Waals surface area (Å²) >= 11 is 0. The molecule has 1 atom stereocenters. The Bertz CT molecular complexity index is 896. The van der Waals surface area contributed by atoms with Gasteiger partial charge in [0.2, 0.25) is 0 Å². The first-order valence-electron chi connectivity index (χ1n) is 9.03. The van der Waals surface area contributed by atoms with Gasteiger partial charge in [-0.15, -0.1) is 0 Å². The molecule has 2 N–H and O–H groups in total. The number of benzene rings is 2. The largest absolute Gasteiger partial charge is 0.358 e. The van der Waals surface area contributed by atoms with E-state index in [-0.39, 0.29) is 11.9 Å². The highest BCUT2D eigenvalue weighted by Crippen LogP contribution is 2.22. The highest BCUT2D eigenvalue weighted by Gasteiger charge is 2.15. The second-order valence-corrected chi connectivity index (χ2v) is 7.15. The number of fused-ring (bicyclic) bond motifs is 1. The number of H-pyrrole nitrogens is 1. The minimum Gasteiger partial charge on any atom is -0.358 e. The van der Waals surface area contributed by atoms with E-state index in [1.807, 2.05) is 24.3 Å². The number of aromatic nitrogens is 1. The highest BCUT2D eigenvalue weighted by molar-refractivity contribution is 5.99. The van der Waals surface area contributed by atoms with E-state index in [0.29, 0.717) is 12.1 Å². The molecule has 0 saturated carbocycles. The van der Waals surface area contributed by atoms with Crippen molar-refractivity contribution in [1.29, 1.82) is 0 Å². The fraction of sp³-hybridized carbons (Fsp3) is 0.318. The van der Waals surface area contributed by atoms with Crippen molar-refractivity contribution in [2.24, 2.45) is 0 Å². The van der Waals surface area contributed by atoms with Crippen LogP contribution in [0, 0.1) is 13.8 Å². The third kappa shape index (κ3) is 3.97. The Labute approximate surface area is 155 Å². The second kappa shape index (κ2) is 7.75. The molecule has 2 aromatic carbocycles. The van der Waals surface area contributed by atoms with Crippen molar-refractivity contribution in [3.63, 3.8) is 0 Å². The lowest BCUT2D eigenvalue weighted by Gasteiger charge is -2.24. The van der Waals surface area contributed by atoms with E-state index < -0.39 is 0 Å². The van der Waals surface area contributed by atoms with Gasteiger partial charge in [0.15, 0.2) is 0 Å². The number of rotatable bonds is 6. The van der Waals surface area contributed by atoms with Crippen LogP contribution in [-0.2, 0) is 6.42 Å². The molecule has 0 fully saturated rings. The zero-order valence-corrected chi connectivity index (χ0v) is 16.0. The van der Waals surface area contributed by atoms with Crippen LogP contribution in [0.25, 0.3) is 10.9 Å². The molecule has 26 heavy (non-hydrogen) atoms. The number of amides is 1. The Balaban J connectivity index is 1.69. The SMILES string of the molecule is Cc1[nH]c2ccc(C(=O)NCC(Cc3ccccc3)N(C)C)cc2c1C. The average Bonchev–Trinajstić information content (AvgIpc) is 2.92. The Kier molecular flexibility index (Phi) is 5.43. The molecule has 0 aliphatic rings. The Hall–Kier alpha value is -2.59. The quantitative estimate of drug-likeness (QED) is 0.713. The maximum absolute atomic E-state index is 12.6. The fourth-order valence-corrected chi connectivity index (χ4v) is 3.24. The molecule has 0 bridgehead atoms. The van der Waals surface area contributed by atoms with Crippen molar-refractivity contribution < 1.29 is 4.79 Å². The third-order valence-electron chi connectivity index (χ3n) is 5.11. The maximum Gasteiger partial charge on any atom is 0.251 e. The minimum atomic E-state index is -0.0231. The average molecular weight is 349 g/mol. The van der Waals surface area contributed by atoms with Crippen molar-refractivity contribution in [3.8, 4) is 0 Å². The van der Waals surface area contributed by atoms with Crippen LogP contribution in [0.5, 0.6) is 0 Å². The molecule has 0 saturated heterocycles. The van der Waals surface area contributed by atoms with Crippen LogP contribution in [0.3, 0.4) is 0 Å². The van der Waals surface area contributed by atoms with Gasteiger partial charge < -0.3 is 15.2 Å². The van der Waals surface area contributed by atoms with Crippen LogP contribution in [0.2, 0.25) is 0 Å². The number of hydrogen-bond acceptors (Lipinski definition) is 2. The van der Waals surface area contributed by atoms with Crippen LogP contribution in [0.15, 0.2) is 48.5 Å². The summed E-state index contributed by atoms with van der Waals surface area (Å²) in [4.78, 5) is 18.2. The van der Waals surface area contributed by atoms with E-state index in [2.05, 4.69) is 67.4 Å². The monoisotopic (exact) mass is 349 g/mol. The number of aromatic amines is 1. The molecule has 4 nitrogen and oxygen atoms in total. The summed E-state index contributed by atoms with van der Waals surface area (Å²) < 4.78 is 0. The molecular weight excluding hydrogens is 322 g/mol. The first-order chi connectivity index (χ1) is 12.5. The molecule has 4 heteroatoms. The van der Waals surface area contributed by atoms with Gasteiger partial charge in [-0.3, -0.25) is 4.79 Å². The Morgan fingerprint density at radius 2 is 1.85 bits per heavy atom. The number of nitrogens with zero attached hydrogens (tertiary/aromatic N) is 1. The predicted octanol–water partition coefficient (Wildman–Crippen LogP) is 3.69. The zero-order chi connectivity index (χ0) is 18.7. The third-order valence-corrected chi connectivity index (χ3v) is 5.11. The number of nitrogens with one attached hydrogen (secondary N) is 2. The summed E-state index contributed by atoms with van der Waals surface area (Å²) in [6.45, 7) is 4.75. The number of hydrogen-bond donors (Lipinski definition) is 2. The zero-order valence-electron chi connectivity index (χ0n) is 16.0. The van der Waals surface area contributed by atoms with Crippen molar-refractivity contribution in [2.75, 3.05) is 20.6 Å². The Morgan fingerprint density at radius 3 is 2.54 bits per heavy atom. The van der Waals surface area contributed by atoms with Crippen LogP contribution >= 0.6 is 0 Å². The van der Waals surface area contributed by atoms with Gasteiger partial charge in [0.05, 0.1) is 0 Å². The number of carbonyl (C=O) groups is 1. The highest BCUT2D eigenvalue weighted by atomic mass is 16.1. The number of likely N-dealkylation sites (N-methyl/N-ethyl adjacent to an activating group) is 1. The van der Waals surface area contributed by atoms with Gasteiger partial charge in [-0.1, -0.05) is 30.3 Å². The van der Waals surface area contributed by atoms with Gasteiger partial charge in [-0.2, -0.15) is 0 Å². The Morgan fingerprint density at radius 1 is 1.12 bits per heavy atom. The van der Waals surface area contributed by atoms with E-state index in [4.69, 9.17) is 0 Å². The summed E-state index contributed by atoms with van der Waals surface area (Å²) in [7, 11) is 4.11. The van der Waals surface area contributed by atoms with Gasteiger partial charge in [-0.05, 0) is 63.7 Å². The lowest BCUT2D eigenvalue weighted by Crippen LogP contribution is -2.41. The number of carbonyl (C=O) groups excluding carboxylic acids is 1. The molecular formula is C22H27N3O. The lowest BCUT2D eigenvalue weighted by molar-refractivity contribution is 0.0942. The molecule has 0 radical (unpaired) electrons. The summed E-state index contributed by atoms with van der Waals surface area (Å²) in [5, 5.41) is 4.22. The summed E-state index contributed by atoms with van der Waals surface area (Å²) in [5.74, 6) is -0.0231. The fourth-order valence-electron chi connectivity index (χ4n) is 3.24. The van der Waals surface area contributed by atoms with Crippen molar-refractivity contribution >= 4 is 16.8 Å². The van der Waals surface area contributed by atoms with Gasteiger partial charge in [0, 0.05) is 34.7 Å². The minimum absolute atomic E-state index is 0.0231. The van der Waals surface area contributed by atoms with Gasteiger partial charge in [0.25, 0.3) is 5.91 Å². The standard InChI is InChI=1S/C22H27N3O/c1-15-16(2)24-21-11-10-18(13-20(15)21)22(26)23-14-19(25(3)4)12-17-8-6-5-7-9-17/h5-11,13,19,24H,12,14H2,1-4H3,(H,23,26). The second-order valence-electron chi connectivity index (χ2n) is 7.15. The summed E-state index contributed by atoms with van der Waals surface area (Å²) in [5.41, 5.74) is 5.40. The van der Waals surface area contributed by atoms with E-state index >= 15 is 0 Å². The van der Waals surface area contributed by atoms with Crippen LogP contribution in [0.4, 0.5) is 0 Å². The van der Waals surface area contributed by atoms with Gasteiger partial charge >= 0.3 is 0 Å². The van der Waals surface area contributed by atoms with Crippen LogP contribution in [0.1, 0.15) is 27.2 Å². The predicted molar refractivity (Wildman–Crippen MR) is 108 cm³/mol. The van der Waals surface area contributed by atoms with Crippen LogP contribution < -0.4 is 5.32 Å². The first-order valence-corrected chi connectivity index (χ1v) is 9.03.